The number of fused-ring (bicyclic) bond motifs is 1. The predicted molar refractivity (Wildman–Crippen MR) is 58.3 cm³/mol. The third-order valence-corrected chi connectivity index (χ3v) is 2.42. The lowest BCUT2D eigenvalue weighted by molar-refractivity contribution is -0.107. The topological polar surface area (TPSA) is 17.1 Å². The van der Waals surface area contributed by atoms with Crippen LogP contribution in [0.5, 0.6) is 0 Å². The molecule has 0 aliphatic carbocycles. The Hall–Kier alpha value is -1.70. The highest BCUT2D eigenvalue weighted by Gasteiger charge is 1.98. The maximum absolute atomic E-state index is 12.9. The van der Waals surface area contributed by atoms with Crippen molar-refractivity contribution in [3.8, 4) is 0 Å². The number of benzene rings is 2. The van der Waals surface area contributed by atoms with Gasteiger partial charge in [-0.2, -0.15) is 0 Å². The predicted octanol–water partition coefficient (Wildman–Crippen LogP) is 3.11. The van der Waals surface area contributed by atoms with Gasteiger partial charge in [0.15, 0.2) is 0 Å². The average Bonchev–Trinajstić information content (AvgIpc) is 2.26. The number of aryl methyl sites for hydroxylation is 1. The fourth-order valence-electron chi connectivity index (χ4n) is 1.65. The van der Waals surface area contributed by atoms with Gasteiger partial charge in [0.2, 0.25) is 0 Å². The minimum absolute atomic E-state index is 0.219. The summed E-state index contributed by atoms with van der Waals surface area (Å²) >= 11 is 0. The Morgan fingerprint density at radius 1 is 1.07 bits per heavy atom. The monoisotopic (exact) mass is 202 g/mol. The fraction of sp³-hybridized carbons (Fsp3) is 0.154. The van der Waals surface area contributed by atoms with Crippen LogP contribution in [0, 0.1) is 5.82 Å². The maximum atomic E-state index is 12.9. The minimum atomic E-state index is -0.219. The fourth-order valence-corrected chi connectivity index (χ4v) is 1.65. The van der Waals surface area contributed by atoms with Crippen LogP contribution in [0.15, 0.2) is 36.4 Å². The van der Waals surface area contributed by atoms with Crippen LogP contribution in [-0.4, -0.2) is 6.29 Å². The standard InChI is InChI=1S/C13H11FO/c14-13-6-5-11-8-10(2-1-7-15)3-4-12(11)9-13/h3-9H,1-2H2. The van der Waals surface area contributed by atoms with E-state index in [1.807, 2.05) is 18.2 Å². The zero-order chi connectivity index (χ0) is 10.7. The molecule has 0 bridgehead atoms. The molecule has 0 radical (unpaired) electrons. The van der Waals surface area contributed by atoms with Gasteiger partial charge >= 0.3 is 0 Å². The van der Waals surface area contributed by atoms with Gasteiger partial charge in [-0.05, 0) is 34.9 Å². The molecule has 2 aromatic carbocycles. The summed E-state index contributed by atoms with van der Waals surface area (Å²) in [4.78, 5) is 10.2. The zero-order valence-electron chi connectivity index (χ0n) is 8.24. The average molecular weight is 202 g/mol. The number of hydrogen-bond acceptors (Lipinski definition) is 1. The Morgan fingerprint density at radius 3 is 2.60 bits per heavy atom. The van der Waals surface area contributed by atoms with E-state index in [1.54, 1.807) is 6.07 Å². The Kier molecular flexibility index (Phi) is 2.77. The first-order valence-corrected chi connectivity index (χ1v) is 4.91. The molecular weight excluding hydrogens is 191 g/mol. The molecule has 0 saturated heterocycles. The largest absolute Gasteiger partial charge is 0.303 e. The second-order valence-corrected chi connectivity index (χ2v) is 3.53. The van der Waals surface area contributed by atoms with Gasteiger partial charge < -0.3 is 4.79 Å². The van der Waals surface area contributed by atoms with Crippen molar-refractivity contribution >= 4 is 17.1 Å². The molecule has 0 unspecified atom stereocenters. The first-order chi connectivity index (χ1) is 7.29. The van der Waals surface area contributed by atoms with Gasteiger partial charge in [0, 0.05) is 6.42 Å². The Morgan fingerprint density at radius 2 is 1.80 bits per heavy atom. The summed E-state index contributed by atoms with van der Waals surface area (Å²) < 4.78 is 12.9. The first kappa shape index (κ1) is 9.84. The molecule has 2 aromatic rings. The van der Waals surface area contributed by atoms with Gasteiger partial charge in [-0.1, -0.05) is 24.3 Å². The molecule has 2 rings (SSSR count). The smallest absolute Gasteiger partial charge is 0.123 e. The van der Waals surface area contributed by atoms with Gasteiger partial charge in [0.05, 0.1) is 0 Å². The highest BCUT2D eigenvalue weighted by Crippen LogP contribution is 2.17. The molecule has 0 saturated carbocycles. The SMILES string of the molecule is O=CCCc1ccc2cc(F)ccc2c1. The summed E-state index contributed by atoms with van der Waals surface area (Å²) in [5.74, 6) is -0.219. The van der Waals surface area contributed by atoms with Crippen LogP contribution in [0.1, 0.15) is 12.0 Å². The molecule has 0 aliphatic heterocycles. The summed E-state index contributed by atoms with van der Waals surface area (Å²) in [7, 11) is 0. The second kappa shape index (κ2) is 4.22. The van der Waals surface area contributed by atoms with Crippen molar-refractivity contribution in [2.45, 2.75) is 12.8 Å². The summed E-state index contributed by atoms with van der Waals surface area (Å²) in [6, 6.07) is 10.5. The molecule has 1 nitrogen and oxygen atoms in total. The summed E-state index contributed by atoms with van der Waals surface area (Å²) in [5.41, 5.74) is 1.11. The number of rotatable bonds is 3. The van der Waals surface area contributed by atoms with E-state index < -0.39 is 0 Å². The van der Waals surface area contributed by atoms with E-state index in [2.05, 4.69) is 0 Å². The molecule has 0 fully saturated rings. The molecule has 0 aromatic heterocycles. The van der Waals surface area contributed by atoms with Gasteiger partial charge in [-0.25, -0.2) is 4.39 Å². The van der Waals surface area contributed by atoms with Crippen molar-refractivity contribution in [3.63, 3.8) is 0 Å². The lowest BCUT2D eigenvalue weighted by Gasteiger charge is -2.01. The lowest BCUT2D eigenvalue weighted by atomic mass is 10.0. The summed E-state index contributed by atoms with van der Waals surface area (Å²) in [5, 5.41) is 1.91. The normalized spacial score (nSPS) is 10.5. The van der Waals surface area contributed by atoms with Crippen LogP contribution in [-0.2, 0) is 11.2 Å². The van der Waals surface area contributed by atoms with Gasteiger partial charge in [0.25, 0.3) is 0 Å². The van der Waals surface area contributed by atoms with Crippen molar-refractivity contribution in [1.29, 1.82) is 0 Å². The molecule has 0 spiro atoms. The van der Waals surface area contributed by atoms with Crippen molar-refractivity contribution in [3.05, 3.63) is 47.8 Å². The number of carbonyl (C=O) groups excluding carboxylic acids is 1. The highest BCUT2D eigenvalue weighted by atomic mass is 19.1. The number of carbonyl (C=O) groups is 1. The summed E-state index contributed by atoms with van der Waals surface area (Å²) in [6.07, 6.45) is 2.19. The van der Waals surface area contributed by atoms with Crippen molar-refractivity contribution < 1.29 is 9.18 Å². The van der Waals surface area contributed by atoms with Crippen LogP contribution in [0.4, 0.5) is 4.39 Å². The van der Waals surface area contributed by atoms with E-state index in [0.29, 0.717) is 6.42 Å². The van der Waals surface area contributed by atoms with Crippen LogP contribution < -0.4 is 0 Å². The Labute approximate surface area is 87.5 Å². The molecule has 0 atom stereocenters. The first-order valence-electron chi connectivity index (χ1n) is 4.91. The van der Waals surface area contributed by atoms with Gasteiger partial charge in [-0.15, -0.1) is 0 Å². The molecule has 76 valence electrons. The van der Waals surface area contributed by atoms with E-state index in [0.717, 1.165) is 29.0 Å². The Bertz CT molecular complexity index is 491. The highest BCUT2D eigenvalue weighted by molar-refractivity contribution is 5.83. The molecule has 0 N–H and O–H groups in total. The van der Waals surface area contributed by atoms with Gasteiger partial charge in [0.1, 0.15) is 12.1 Å². The van der Waals surface area contributed by atoms with Crippen LogP contribution in [0.25, 0.3) is 10.8 Å². The van der Waals surface area contributed by atoms with E-state index in [9.17, 15) is 9.18 Å². The van der Waals surface area contributed by atoms with Crippen LogP contribution in [0.3, 0.4) is 0 Å². The van der Waals surface area contributed by atoms with E-state index >= 15 is 0 Å². The van der Waals surface area contributed by atoms with E-state index in [-0.39, 0.29) is 5.82 Å². The van der Waals surface area contributed by atoms with Crippen LogP contribution in [0.2, 0.25) is 0 Å². The number of hydrogen-bond donors (Lipinski definition) is 0. The van der Waals surface area contributed by atoms with Crippen LogP contribution >= 0.6 is 0 Å². The molecule has 0 amide bonds. The third-order valence-electron chi connectivity index (χ3n) is 2.42. The number of aldehydes is 1. The quantitative estimate of drug-likeness (QED) is 0.699. The van der Waals surface area contributed by atoms with Crippen molar-refractivity contribution in [2.24, 2.45) is 0 Å². The molecule has 0 aliphatic rings. The van der Waals surface area contributed by atoms with Crippen molar-refractivity contribution in [1.82, 2.24) is 0 Å². The number of halogens is 1. The summed E-state index contributed by atoms with van der Waals surface area (Å²) in [6.45, 7) is 0. The lowest BCUT2D eigenvalue weighted by Crippen LogP contribution is -1.86. The molecular formula is C13H11FO. The maximum Gasteiger partial charge on any atom is 0.123 e. The van der Waals surface area contributed by atoms with E-state index in [4.69, 9.17) is 0 Å². The minimum Gasteiger partial charge on any atom is -0.303 e. The second-order valence-electron chi connectivity index (χ2n) is 3.53. The Balaban J connectivity index is 2.38. The van der Waals surface area contributed by atoms with E-state index in [1.165, 1.54) is 12.1 Å². The third kappa shape index (κ3) is 2.21. The zero-order valence-corrected chi connectivity index (χ0v) is 8.24. The van der Waals surface area contributed by atoms with Gasteiger partial charge in [-0.3, -0.25) is 0 Å². The molecule has 2 heteroatoms. The van der Waals surface area contributed by atoms with Crippen molar-refractivity contribution in [2.75, 3.05) is 0 Å². The molecule has 15 heavy (non-hydrogen) atoms. The molecule has 0 heterocycles.